The lowest BCUT2D eigenvalue weighted by atomic mass is 9.82. The average molecular weight is 214 g/mol. The van der Waals surface area contributed by atoms with Crippen LogP contribution in [0.25, 0.3) is 0 Å². The summed E-state index contributed by atoms with van der Waals surface area (Å²) in [6.45, 7) is 3.23. The first-order chi connectivity index (χ1) is 6.92. The van der Waals surface area contributed by atoms with Crippen molar-refractivity contribution in [1.29, 1.82) is 0 Å². The first-order valence-corrected chi connectivity index (χ1v) is 4.86. The summed E-state index contributed by atoms with van der Waals surface area (Å²) in [6, 6.07) is 0. The summed E-state index contributed by atoms with van der Waals surface area (Å²) < 4.78 is 26.8. The number of hydrogen-bond donors (Lipinski definition) is 1. The van der Waals surface area contributed by atoms with Crippen LogP contribution in [0.2, 0.25) is 0 Å². The smallest absolute Gasteiger partial charge is 0.267 e. The molecule has 1 aromatic rings. The van der Waals surface area contributed by atoms with Crippen LogP contribution >= 0.6 is 0 Å². The maximum atomic E-state index is 13.4. The maximum absolute atomic E-state index is 13.4. The minimum absolute atomic E-state index is 0.200. The Kier molecular flexibility index (Phi) is 2.13. The van der Waals surface area contributed by atoms with Gasteiger partial charge in [-0.25, -0.2) is 13.9 Å². The summed E-state index contributed by atoms with van der Waals surface area (Å²) >= 11 is 0. The third-order valence-electron chi connectivity index (χ3n) is 3.04. The standard InChI is InChI=1S/C10H12F2N2O/c1-5-3-7-6(2)13-14-9(15)8(7)4-10(5,11)12/h5H,3-4H2,1-2H3,(H,14,15). The molecule has 1 aromatic heterocycles. The topological polar surface area (TPSA) is 45.8 Å². The van der Waals surface area contributed by atoms with Gasteiger partial charge >= 0.3 is 0 Å². The summed E-state index contributed by atoms with van der Waals surface area (Å²) in [4.78, 5) is 11.4. The molecule has 1 unspecified atom stereocenters. The van der Waals surface area contributed by atoms with Crippen LogP contribution in [0.1, 0.15) is 23.7 Å². The van der Waals surface area contributed by atoms with Crippen molar-refractivity contribution in [2.45, 2.75) is 32.6 Å². The Morgan fingerprint density at radius 3 is 2.80 bits per heavy atom. The molecule has 2 rings (SSSR count). The lowest BCUT2D eigenvalue weighted by molar-refractivity contribution is -0.0571. The Hall–Kier alpha value is -1.26. The van der Waals surface area contributed by atoms with Crippen LogP contribution in [0.3, 0.4) is 0 Å². The van der Waals surface area contributed by atoms with Crippen LogP contribution in [-0.2, 0) is 12.8 Å². The van der Waals surface area contributed by atoms with Gasteiger partial charge in [-0.15, -0.1) is 0 Å². The van der Waals surface area contributed by atoms with Crippen LogP contribution in [0.4, 0.5) is 8.78 Å². The number of fused-ring (bicyclic) bond motifs is 1. The lowest BCUT2D eigenvalue weighted by Gasteiger charge is -2.30. The van der Waals surface area contributed by atoms with Crippen LogP contribution in [-0.4, -0.2) is 16.1 Å². The Morgan fingerprint density at radius 2 is 2.13 bits per heavy atom. The summed E-state index contributed by atoms with van der Waals surface area (Å²) in [5, 5.41) is 6.03. The molecule has 0 amide bonds. The third-order valence-corrected chi connectivity index (χ3v) is 3.04. The number of nitrogens with zero attached hydrogens (tertiary/aromatic N) is 1. The molecule has 0 spiro atoms. The normalized spacial score (nSPS) is 23.6. The lowest BCUT2D eigenvalue weighted by Crippen LogP contribution is -2.39. The van der Waals surface area contributed by atoms with Crippen molar-refractivity contribution in [3.63, 3.8) is 0 Å². The monoisotopic (exact) mass is 214 g/mol. The zero-order valence-electron chi connectivity index (χ0n) is 8.60. The second-order valence-electron chi connectivity index (χ2n) is 4.14. The molecule has 0 aliphatic heterocycles. The molecule has 1 heterocycles. The number of halogens is 2. The van der Waals surface area contributed by atoms with Crippen LogP contribution in [0, 0.1) is 12.8 Å². The number of H-pyrrole nitrogens is 1. The quantitative estimate of drug-likeness (QED) is 0.710. The molecular weight excluding hydrogens is 202 g/mol. The minimum atomic E-state index is -2.78. The van der Waals surface area contributed by atoms with Crippen LogP contribution in [0.5, 0.6) is 0 Å². The van der Waals surface area contributed by atoms with Gasteiger partial charge in [0.2, 0.25) is 0 Å². The summed E-state index contributed by atoms with van der Waals surface area (Å²) in [5.41, 5.74) is 1.05. The number of hydrogen-bond acceptors (Lipinski definition) is 2. The van der Waals surface area contributed by atoms with E-state index in [1.54, 1.807) is 6.92 Å². The van der Waals surface area contributed by atoms with E-state index in [1.807, 2.05) is 0 Å². The fourth-order valence-corrected chi connectivity index (χ4v) is 1.95. The van der Waals surface area contributed by atoms with Gasteiger partial charge in [0.25, 0.3) is 11.5 Å². The minimum Gasteiger partial charge on any atom is -0.268 e. The number of nitrogens with one attached hydrogen (secondary N) is 1. The Labute approximate surface area is 85.5 Å². The number of aromatic amines is 1. The molecule has 3 nitrogen and oxygen atoms in total. The van der Waals surface area contributed by atoms with Gasteiger partial charge in [-0.2, -0.15) is 5.10 Å². The molecule has 1 aliphatic rings. The summed E-state index contributed by atoms with van der Waals surface area (Å²) in [7, 11) is 0. The first-order valence-electron chi connectivity index (χ1n) is 4.86. The summed E-state index contributed by atoms with van der Waals surface area (Å²) in [5.74, 6) is -3.51. The molecule has 0 saturated heterocycles. The van der Waals surface area contributed by atoms with Gasteiger partial charge in [0.15, 0.2) is 0 Å². The molecule has 0 aromatic carbocycles. The predicted molar refractivity (Wildman–Crippen MR) is 51.1 cm³/mol. The molecular formula is C10H12F2N2O. The van der Waals surface area contributed by atoms with E-state index >= 15 is 0 Å². The van der Waals surface area contributed by atoms with E-state index in [0.717, 1.165) is 0 Å². The van der Waals surface area contributed by atoms with Gasteiger partial charge in [-0.1, -0.05) is 6.92 Å². The van der Waals surface area contributed by atoms with Gasteiger partial charge in [0, 0.05) is 17.9 Å². The number of aromatic nitrogens is 2. The van der Waals surface area contributed by atoms with Crippen LogP contribution in [0.15, 0.2) is 4.79 Å². The van der Waals surface area contributed by atoms with E-state index in [2.05, 4.69) is 10.2 Å². The molecule has 5 heteroatoms. The van der Waals surface area contributed by atoms with Gasteiger partial charge in [0.1, 0.15) is 0 Å². The number of alkyl halides is 2. The van der Waals surface area contributed by atoms with Crippen molar-refractivity contribution >= 4 is 0 Å². The highest BCUT2D eigenvalue weighted by Gasteiger charge is 2.42. The van der Waals surface area contributed by atoms with E-state index in [1.165, 1.54) is 6.92 Å². The molecule has 0 bridgehead atoms. The van der Waals surface area contributed by atoms with Gasteiger partial charge in [-0.05, 0) is 18.9 Å². The van der Waals surface area contributed by atoms with Crippen LogP contribution < -0.4 is 5.56 Å². The van der Waals surface area contributed by atoms with E-state index in [4.69, 9.17) is 0 Å². The molecule has 1 atom stereocenters. The highest BCUT2D eigenvalue weighted by molar-refractivity contribution is 5.31. The molecule has 1 aliphatic carbocycles. The van der Waals surface area contributed by atoms with Gasteiger partial charge < -0.3 is 0 Å². The molecule has 0 fully saturated rings. The molecule has 82 valence electrons. The van der Waals surface area contributed by atoms with Crippen molar-refractivity contribution in [3.8, 4) is 0 Å². The second-order valence-corrected chi connectivity index (χ2v) is 4.14. The Morgan fingerprint density at radius 1 is 1.47 bits per heavy atom. The van der Waals surface area contributed by atoms with Crippen molar-refractivity contribution < 1.29 is 8.78 Å². The van der Waals surface area contributed by atoms with E-state index < -0.39 is 23.8 Å². The fourth-order valence-electron chi connectivity index (χ4n) is 1.95. The molecule has 0 saturated carbocycles. The zero-order chi connectivity index (χ0) is 11.2. The van der Waals surface area contributed by atoms with Crippen molar-refractivity contribution in [2.75, 3.05) is 0 Å². The molecule has 15 heavy (non-hydrogen) atoms. The zero-order valence-corrected chi connectivity index (χ0v) is 8.60. The maximum Gasteiger partial charge on any atom is 0.267 e. The summed E-state index contributed by atoms with van der Waals surface area (Å²) in [6.07, 6.45) is -0.243. The average Bonchev–Trinajstić information content (AvgIpc) is 2.15. The number of aryl methyl sites for hydroxylation is 1. The van der Waals surface area contributed by atoms with Crippen molar-refractivity contribution in [2.24, 2.45) is 5.92 Å². The van der Waals surface area contributed by atoms with E-state index in [0.29, 0.717) is 11.3 Å². The molecule has 1 N–H and O–H groups in total. The highest BCUT2D eigenvalue weighted by atomic mass is 19.3. The van der Waals surface area contributed by atoms with Gasteiger partial charge in [-0.3, -0.25) is 4.79 Å². The first kappa shape index (κ1) is 10.3. The largest absolute Gasteiger partial charge is 0.268 e. The van der Waals surface area contributed by atoms with Crippen molar-refractivity contribution in [3.05, 3.63) is 27.2 Å². The fraction of sp³-hybridized carbons (Fsp3) is 0.600. The number of rotatable bonds is 0. The van der Waals surface area contributed by atoms with E-state index in [9.17, 15) is 13.6 Å². The SMILES string of the molecule is Cc1n[nH]c(=O)c2c1CC(C)C(F)(F)C2. The highest BCUT2D eigenvalue weighted by Crippen LogP contribution is 2.36. The molecule has 0 radical (unpaired) electrons. The Balaban J connectivity index is 2.59. The second kappa shape index (κ2) is 3.12. The van der Waals surface area contributed by atoms with Gasteiger partial charge in [0.05, 0.1) is 5.69 Å². The van der Waals surface area contributed by atoms with E-state index in [-0.39, 0.29) is 12.0 Å². The predicted octanol–water partition coefficient (Wildman–Crippen LogP) is 1.45. The third kappa shape index (κ3) is 1.56. The van der Waals surface area contributed by atoms with Crippen molar-refractivity contribution in [1.82, 2.24) is 10.2 Å². The Bertz CT molecular complexity index is 453.